The Labute approximate surface area is 98.0 Å². The molecule has 0 radical (unpaired) electrons. The van der Waals surface area contributed by atoms with Crippen LogP contribution < -0.4 is 0 Å². The van der Waals surface area contributed by atoms with Crippen molar-refractivity contribution < 1.29 is 23.1 Å². The van der Waals surface area contributed by atoms with Gasteiger partial charge >= 0.3 is 5.97 Å². The predicted octanol–water partition coefficient (Wildman–Crippen LogP) is -0.763. The van der Waals surface area contributed by atoms with Crippen LogP contribution in [0.1, 0.15) is 19.3 Å². The number of sulfone groups is 1. The molecule has 0 spiro atoms. The molecule has 2 rings (SSSR count). The lowest BCUT2D eigenvalue weighted by molar-refractivity contribution is -0.134. The minimum absolute atomic E-state index is 0.0272. The van der Waals surface area contributed by atoms with Gasteiger partial charge in [0.15, 0.2) is 9.84 Å². The fraction of sp³-hybridized carbons (Fsp3) is 0.667. The predicted molar refractivity (Wildman–Crippen MR) is 58.2 cm³/mol. The lowest BCUT2D eigenvalue weighted by atomic mass is 10.1. The number of nitrogens with zero attached hydrogens (tertiary/aromatic N) is 2. The zero-order valence-electron chi connectivity index (χ0n) is 9.00. The summed E-state index contributed by atoms with van der Waals surface area (Å²) in [5.41, 5.74) is -0.0890. The molecule has 8 heteroatoms. The second-order valence-corrected chi connectivity index (χ2v) is 6.38. The Morgan fingerprint density at radius 1 is 1.41 bits per heavy atom. The molecular formula is C9H12N2O5S. The third kappa shape index (κ3) is 2.46. The molecular weight excluding hydrogens is 248 g/mol. The summed E-state index contributed by atoms with van der Waals surface area (Å²) in [6, 6.07) is -0.512. The number of hydrazone groups is 1. The van der Waals surface area contributed by atoms with Gasteiger partial charge in [0.05, 0.1) is 17.5 Å². The molecule has 1 fully saturated rings. The van der Waals surface area contributed by atoms with Crippen molar-refractivity contribution in [3.63, 3.8) is 0 Å². The van der Waals surface area contributed by atoms with Crippen molar-refractivity contribution in [1.29, 1.82) is 0 Å². The van der Waals surface area contributed by atoms with Crippen molar-refractivity contribution in [3.05, 3.63) is 0 Å². The van der Waals surface area contributed by atoms with Gasteiger partial charge in [-0.25, -0.2) is 18.2 Å². The van der Waals surface area contributed by atoms with Crippen LogP contribution in [-0.2, 0) is 19.4 Å². The van der Waals surface area contributed by atoms with Crippen LogP contribution in [0.4, 0.5) is 0 Å². The summed E-state index contributed by atoms with van der Waals surface area (Å²) in [5.74, 6) is -1.57. The first kappa shape index (κ1) is 12.0. The fourth-order valence-corrected chi connectivity index (χ4v) is 3.67. The van der Waals surface area contributed by atoms with Gasteiger partial charge in [-0.15, -0.1) is 0 Å². The Kier molecular flexibility index (Phi) is 2.90. The van der Waals surface area contributed by atoms with E-state index in [1.807, 2.05) is 0 Å². The number of carbonyl (C=O) groups is 2. The second kappa shape index (κ2) is 4.10. The minimum atomic E-state index is -3.12. The Morgan fingerprint density at radius 3 is 2.65 bits per heavy atom. The topological polar surface area (TPSA) is 104 Å². The van der Waals surface area contributed by atoms with Crippen LogP contribution in [0.3, 0.4) is 0 Å². The van der Waals surface area contributed by atoms with Crippen molar-refractivity contribution in [3.8, 4) is 0 Å². The van der Waals surface area contributed by atoms with E-state index in [0.717, 1.165) is 5.01 Å². The first-order valence-corrected chi connectivity index (χ1v) is 7.04. The van der Waals surface area contributed by atoms with Crippen molar-refractivity contribution in [1.82, 2.24) is 5.01 Å². The standard InChI is InChI=1S/C9H12N2O5S/c12-8-2-1-7(9(13)14)10-11(8)6-3-4-17(15,16)5-6/h6H,1-5H2,(H,13,14)/t6-/m1/s1. The molecule has 94 valence electrons. The van der Waals surface area contributed by atoms with Crippen LogP contribution in [0.25, 0.3) is 0 Å². The zero-order valence-corrected chi connectivity index (χ0v) is 9.81. The molecule has 1 amide bonds. The van der Waals surface area contributed by atoms with Crippen molar-refractivity contribution in [2.24, 2.45) is 5.10 Å². The number of hydrogen-bond acceptors (Lipinski definition) is 5. The number of carbonyl (C=O) groups excluding carboxylic acids is 1. The summed E-state index contributed by atoms with van der Waals surface area (Å²) in [4.78, 5) is 22.4. The smallest absolute Gasteiger partial charge is 0.352 e. The van der Waals surface area contributed by atoms with Crippen LogP contribution in [0.15, 0.2) is 5.10 Å². The lowest BCUT2D eigenvalue weighted by Crippen LogP contribution is -2.41. The largest absolute Gasteiger partial charge is 0.477 e. The second-order valence-electron chi connectivity index (χ2n) is 4.15. The molecule has 7 nitrogen and oxygen atoms in total. The molecule has 2 aliphatic heterocycles. The molecule has 0 bridgehead atoms. The SMILES string of the molecule is O=C(O)C1=NN([C@@H]2CCS(=O)(=O)C2)C(=O)CC1. The molecule has 0 saturated carbocycles. The highest BCUT2D eigenvalue weighted by molar-refractivity contribution is 7.91. The summed E-state index contributed by atoms with van der Waals surface area (Å²) >= 11 is 0. The van der Waals surface area contributed by atoms with Crippen LogP contribution in [0.2, 0.25) is 0 Å². The Morgan fingerprint density at radius 2 is 2.12 bits per heavy atom. The summed E-state index contributed by atoms with van der Waals surface area (Å²) < 4.78 is 22.6. The van der Waals surface area contributed by atoms with Crippen LogP contribution in [-0.4, -0.2) is 53.7 Å². The zero-order chi connectivity index (χ0) is 12.6. The molecule has 17 heavy (non-hydrogen) atoms. The molecule has 2 aliphatic rings. The summed E-state index contributed by atoms with van der Waals surface area (Å²) in [5, 5.41) is 13.6. The number of carboxylic acid groups (broad SMARTS) is 1. The molecule has 1 N–H and O–H groups in total. The van der Waals surface area contributed by atoms with Gasteiger partial charge in [0, 0.05) is 12.8 Å². The average Bonchev–Trinajstić information content (AvgIpc) is 2.59. The van der Waals surface area contributed by atoms with Gasteiger partial charge in [-0.2, -0.15) is 5.10 Å². The number of aliphatic carboxylic acids is 1. The van der Waals surface area contributed by atoms with E-state index in [-0.39, 0.29) is 36.0 Å². The molecule has 0 aromatic carbocycles. The summed E-state index contributed by atoms with van der Waals surface area (Å²) in [6.45, 7) is 0. The normalized spacial score (nSPS) is 28.0. The number of carboxylic acids is 1. The van der Waals surface area contributed by atoms with E-state index in [2.05, 4.69) is 5.10 Å². The number of rotatable bonds is 2. The van der Waals surface area contributed by atoms with Gasteiger partial charge in [-0.1, -0.05) is 0 Å². The van der Waals surface area contributed by atoms with Crippen LogP contribution in [0, 0.1) is 0 Å². The van der Waals surface area contributed by atoms with E-state index in [1.54, 1.807) is 0 Å². The molecule has 0 aliphatic carbocycles. The highest BCUT2D eigenvalue weighted by Crippen LogP contribution is 2.22. The lowest BCUT2D eigenvalue weighted by Gasteiger charge is -2.26. The van der Waals surface area contributed by atoms with Crippen LogP contribution in [0.5, 0.6) is 0 Å². The van der Waals surface area contributed by atoms with E-state index in [4.69, 9.17) is 5.11 Å². The monoisotopic (exact) mass is 260 g/mol. The van der Waals surface area contributed by atoms with E-state index in [1.165, 1.54) is 0 Å². The van der Waals surface area contributed by atoms with E-state index in [0.29, 0.717) is 6.42 Å². The first-order chi connectivity index (χ1) is 7.89. The van der Waals surface area contributed by atoms with E-state index >= 15 is 0 Å². The van der Waals surface area contributed by atoms with Crippen LogP contribution >= 0.6 is 0 Å². The minimum Gasteiger partial charge on any atom is -0.477 e. The highest BCUT2D eigenvalue weighted by Gasteiger charge is 2.37. The van der Waals surface area contributed by atoms with Gasteiger partial charge in [0.25, 0.3) is 0 Å². The fourth-order valence-electron chi connectivity index (χ4n) is 1.98. The van der Waals surface area contributed by atoms with Crippen molar-refractivity contribution in [2.45, 2.75) is 25.3 Å². The quantitative estimate of drug-likeness (QED) is 0.702. The number of amides is 1. The maximum Gasteiger partial charge on any atom is 0.352 e. The maximum atomic E-state index is 11.6. The molecule has 2 heterocycles. The molecule has 0 aromatic heterocycles. The molecule has 1 saturated heterocycles. The number of hydrogen-bond donors (Lipinski definition) is 1. The van der Waals surface area contributed by atoms with Gasteiger partial charge in [0.1, 0.15) is 5.71 Å². The average molecular weight is 260 g/mol. The molecule has 0 aromatic rings. The van der Waals surface area contributed by atoms with E-state index in [9.17, 15) is 18.0 Å². The molecule has 1 atom stereocenters. The Hall–Kier alpha value is -1.44. The summed E-state index contributed by atoms with van der Waals surface area (Å²) in [7, 11) is -3.12. The summed E-state index contributed by atoms with van der Waals surface area (Å²) in [6.07, 6.45) is 0.496. The first-order valence-electron chi connectivity index (χ1n) is 5.22. The van der Waals surface area contributed by atoms with Gasteiger partial charge in [-0.05, 0) is 6.42 Å². The van der Waals surface area contributed by atoms with Gasteiger partial charge < -0.3 is 5.11 Å². The third-order valence-corrected chi connectivity index (χ3v) is 4.61. The van der Waals surface area contributed by atoms with Crippen molar-refractivity contribution >= 4 is 27.4 Å². The third-order valence-electron chi connectivity index (χ3n) is 2.86. The highest BCUT2D eigenvalue weighted by atomic mass is 32.2. The van der Waals surface area contributed by atoms with Gasteiger partial charge in [0.2, 0.25) is 5.91 Å². The van der Waals surface area contributed by atoms with Crippen molar-refractivity contribution in [2.75, 3.05) is 11.5 Å². The Balaban J connectivity index is 2.22. The Bertz CT molecular complexity index is 496. The maximum absolute atomic E-state index is 11.6. The van der Waals surface area contributed by atoms with Gasteiger partial charge in [-0.3, -0.25) is 4.79 Å². The molecule has 0 unspecified atom stereocenters. The van der Waals surface area contributed by atoms with E-state index < -0.39 is 21.8 Å².